The molecule has 0 bridgehead atoms. The molecule has 0 aromatic heterocycles. The van der Waals surface area contributed by atoms with Crippen LogP contribution in [-0.2, 0) is 4.74 Å². The van der Waals surface area contributed by atoms with Crippen molar-refractivity contribution >= 4 is 23.3 Å². The summed E-state index contributed by atoms with van der Waals surface area (Å²) in [5.74, 6) is 0.120. The minimum atomic E-state index is 0.120. The highest BCUT2D eigenvalue weighted by molar-refractivity contribution is 7.98. The predicted molar refractivity (Wildman–Crippen MR) is 83.6 cm³/mol. The monoisotopic (exact) mass is 281 g/mol. The Hall–Kier alpha value is -1.20. The van der Waals surface area contributed by atoms with Crippen molar-refractivity contribution in [2.24, 2.45) is 5.73 Å². The quantitative estimate of drug-likeness (QED) is 0.333. The standard InChI is InChI=1S/C14H23N3OS/c1-4-17(9-10-18-5-2)11-7-6-8-12(19-3)13(11)14(15)16/h6-8H,4-5,9-10H2,1-3H3,(H3,15,16). The molecule has 0 saturated carbocycles. The van der Waals surface area contributed by atoms with Crippen LogP contribution in [0.1, 0.15) is 19.4 Å². The number of nitrogens with zero attached hydrogens (tertiary/aromatic N) is 1. The Bertz CT molecular complexity index is 423. The van der Waals surface area contributed by atoms with E-state index >= 15 is 0 Å². The minimum Gasteiger partial charge on any atom is -0.384 e. The summed E-state index contributed by atoms with van der Waals surface area (Å²) in [6.45, 7) is 7.17. The second-order valence-corrected chi connectivity index (χ2v) is 4.89. The van der Waals surface area contributed by atoms with Crippen molar-refractivity contribution in [1.29, 1.82) is 5.41 Å². The molecule has 0 atom stereocenters. The van der Waals surface area contributed by atoms with E-state index in [0.29, 0.717) is 6.61 Å². The van der Waals surface area contributed by atoms with Gasteiger partial charge in [0.25, 0.3) is 0 Å². The molecule has 0 unspecified atom stereocenters. The number of amidine groups is 1. The lowest BCUT2D eigenvalue weighted by Gasteiger charge is -2.26. The summed E-state index contributed by atoms with van der Waals surface area (Å²) in [4.78, 5) is 3.24. The number of nitrogen functional groups attached to an aromatic ring is 1. The third-order valence-corrected chi connectivity index (χ3v) is 3.71. The number of benzene rings is 1. The molecule has 0 radical (unpaired) electrons. The number of anilines is 1. The van der Waals surface area contributed by atoms with Crippen LogP contribution in [0.5, 0.6) is 0 Å². The van der Waals surface area contributed by atoms with Gasteiger partial charge in [-0.1, -0.05) is 6.07 Å². The Morgan fingerprint density at radius 2 is 2.16 bits per heavy atom. The van der Waals surface area contributed by atoms with Gasteiger partial charge in [0.15, 0.2) is 0 Å². The predicted octanol–water partition coefficient (Wildman–Crippen LogP) is 2.56. The number of hydrogen-bond donors (Lipinski definition) is 2. The molecule has 0 fully saturated rings. The third-order valence-electron chi connectivity index (χ3n) is 2.93. The normalized spacial score (nSPS) is 10.5. The van der Waals surface area contributed by atoms with Gasteiger partial charge < -0.3 is 15.4 Å². The Balaban J connectivity index is 3.05. The van der Waals surface area contributed by atoms with Crippen LogP contribution in [0.4, 0.5) is 5.69 Å². The van der Waals surface area contributed by atoms with Crippen molar-refractivity contribution < 1.29 is 4.74 Å². The molecule has 106 valence electrons. The van der Waals surface area contributed by atoms with Gasteiger partial charge in [0, 0.05) is 30.3 Å². The second-order valence-electron chi connectivity index (χ2n) is 4.04. The summed E-state index contributed by atoms with van der Waals surface area (Å²) in [7, 11) is 0. The number of hydrogen-bond acceptors (Lipinski definition) is 4. The van der Waals surface area contributed by atoms with Gasteiger partial charge in [-0.25, -0.2) is 0 Å². The highest BCUT2D eigenvalue weighted by Crippen LogP contribution is 2.29. The molecular formula is C14H23N3OS. The van der Waals surface area contributed by atoms with Crippen LogP contribution in [0.2, 0.25) is 0 Å². The molecule has 0 heterocycles. The fourth-order valence-electron chi connectivity index (χ4n) is 1.99. The van der Waals surface area contributed by atoms with Crippen molar-refractivity contribution in [3.63, 3.8) is 0 Å². The number of thioether (sulfide) groups is 1. The molecule has 0 aliphatic rings. The Labute approximate surface area is 119 Å². The van der Waals surface area contributed by atoms with Crippen molar-refractivity contribution in [2.45, 2.75) is 18.7 Å². The van der Waals surface area contributed by atoms with Crippen molar-refractivity contribution in [1.82, 2.24) is 0 Å². The number of nitrogens with two attached hydrogens (primary N) is 1. The number of rotatable bonds is 8. The molecule has 1 aromatic rings. The highest BCUT2D eigenvalue weighted by atomic mass is 32.2. The molecular weight excluding hydrogens is 258 g/mol. The van der Waals surface area contributed by atoms with E-state index < -0.39 is 0 Å². The van der Waals surface area contributed by atoms with Crippen LogP contribution in [0.15, 0.2) is 23.1 Å². The Morgan fingerprint density at radius 3 is 2.68 bits per heavy atom. The van der Waals surface area contributed by atoms with Crippen LogP contribution < -0.4 is 10.6 Å². The van der Waals surface area contributed by atoms with Crippen molar-refractivity contribution in [2.75, 3.05) is 37.5 Å². The number of nitrogens with one attached hydrogen (secondary N) is 1. The summed E-state index contributed by atoms with van der Waals surface area (Å²) in [5, 5.41) is 7.81. The average Bonchev–Trinajstić information content (AvgIpc) is 2.42. The Morgan fingerprint density at radius 1 is 1.42 bits per heavy atom. The summed E-state index contributed by atoms with van der Waals surface area (Å²) in [5.41, 5.74) is 7.59. The molecule has 0 amide bonds. The smallest absolute Gasteiger partial charge is 0.126 e. The zero-order valence-electron chi connectivity index (χ0n) is 11.9. The third kappa shape index (κ3) is 4.14. The van der Waals surface area contributed by atoms with E-state index in [4.69, 9.17) is 15.9 Å². The van der Waals surface area contributed by atoms with Gasteiger partial charge >= 0.3 is 0 Å². The average molecular weight is 281 g/mol. The molecule has 0 spiro atoms. The van der Waals surface area contributed by atoms with E-state index in [1.807, 2.05) is 31.4 Å². The highest BCUT2D eigenvalue weighted by Gasteiger charge is 2.15. The van der Waals surface area contributed by atoms with E-state index in [9.17, 15) is 0 Å². The van der Waals surface area contributed by atoms with Gasteiger partial charge in [-0.3, -0.25) is 5.41 Å². The zero-order valence-corrected chi connectivity index (χ0v) is 12.7. The lowest BCUT2D eigenvalue weighted by molar-refractivity contribution is 0.154. The zero-order chi connectivity index (χ0) is 14.3. The molecule has 0 saturated heterocycles. The van der Waals surface area contributed by atoms with Crippen LogP contribution in [0, 0.1) is 5.41 Å². The maximum absolute atomic E-state index is 7.81. The molecule has 1 aromatic carbocycles. The van der Waals surface area contributed by atoms with E-state index in [0.717, 1.165) is 35.8 Å². The lowest BCUT2D eigenvalue weighted by atomic mass is 10.1. The number of likely N-dealkylation sites (N-methyl/N-ethyl adjacent to an activating group) is 1. The lowest BCUT2D eigenvalue weighted by Crippen LogP contribution is -2.30. The topological polar surface area (TPSA) is 62.3 Å². The summed E-state index contributed by atoms with van der Waals surface area (Å²) >= 11 is 1.62. The van der Waals surface area contributed by atoms with Gasteiger partial charge in [-0.2, -0.15) is 0 Å². The SMILES string of the molecule is CCOCCN(CC)c1cccc(SC)c1C(=N)N. The van der Waals surface area contributed by atoms with E-state index in [1.54, 1.807) is 11.8 Å². The van der Waals surface area contributed by atoms with Gasteiger partial charge in [-0.05, 0) is 32.2 Å². The van der Waals surface area contributed by atoms with Crippen molar-refractivity contribution in [3.8, 4) is 0 Å². The largest absolute Gasteiger partial charge is 0.384 e. The second kappa shape index (κ2) is 8.07. The molecule has 4 nitrogen and oxygen atoms in total. The molecule has 1 rings (SSSR count). The fourth-order valence-corrected chi connectivity index (χ4v) is 2.63. The molecule has 0 aliphatic carbocycles. The molecule has 5 heteroatoms. The maximum atomic E-state index is 7.81. The first-order chi connectivity index (χ1) is 9.15. The first kappa shape index (κ1) is 15.9. The van der Waals surface area contributed by atoms with E-state index in [-0.39, 0.29) is 5.84 Å². The van der Waals surface area contributed by atoms with Crippen LogP contribution in [-0.4, -0.2) is 38.4 Å². The van der Waals surface area contributed by atoms with Crippen LogP contribution >= 0.6 is 11.8 Å². The Kier molecular flexibility index (Phi) is 6.73. The van der Waals surface area contributed by atoms with E-state index in [2.05, 4.69) is 11.8 Å². The maximum Gasteiger partial charge on any atom is 0.126 e. The number of ether oxygens (including phenoxy) is 1. The van der Waals surface area contributed by atoms with Crippen molar-refractivity contribution in [3.05, 3.63) is 23.8 Å². The van der Waals surface area contributed by atoms with Gasteiger partial charge in [-0.15, -0.1) is 11.8 Å². The summed E-state index contributed by atoms with van der Waals surface area (Å²) < 4.78 is 5.41. The van der Waals surface area contributed by atoms with E-state index in [1.165, 1.54) is 0 Å². The van der Waals surface area contributed by atoms with Gasteiger partial charge in [0.1, 0.15) is 5.84 Å². The first-order valence-electron chi connectivity index (χ1n) is 6.49. The minimum absolute atomic E-state index is 0.120. The first-order valence-corrected chi connectivity index (χ1v) is 7.72. The van der Waals surface area contributed by atoms with Gasteiger partial charge in [0.2, 0.25) is 0 Å². The summed E-state index contributed by atoms with van der Waals surface area (Å²) in [6.07, 6.45) is 2.00. The molecule has 0 aliphatic heterocycles. The van der Waals surface area contributed by atoms with Gasteiger partial charge in [0.05, 0.1) is 12.2 Å². The van der Waals surface area contributed by atoms with Crippen LogP contribution in [0.25, 0.3) is 0 Å². The fraction of sp³-hybridized carbons (Fsp3) is 0.500. The van der Waals surface area contributed by atoms with Crippen LogP contribution in [0.3, 0.4) is 0 Å². The summed E-state index contributed by atoms with van der Waals surface area (Å²) in [6, 6.07) is 6.03. The molecule has 19 heavy (non-hydrogen) atoms. The molecule has 3 N–H and O–H groups in total.